The molecule has 2 aromatic rings. The normalized spacial score (nSPS) is 24.3. The van der Waals surface area contributed by atoms with Gasteiger partial charge in [0.2, 0.25) is 0 Å². The SMILES string of the molecule is N#CCC1(N2CC=C(c3cc(NCC4CC4)nc4[nH]ccc34)CC2)CN(C2CCNCC2)C1. The van der Waals surface area contributed by atoms with E-state index in [4.69, 9.17) is 4.98 Å². The smallest absolute Gasteiger partial charge is 0.140 e. The number of likely N-dealkylation sites (tertiary alicyclic amines) is 1. The van der Waals surface area contributed by atoms with Gasteiger partial charge in [-0.3, -0.25) is 9.80 Å². The Morgan fingerprint density at radius 3 is 2.79 bits per heavy atom. The first-order valence-electron chi connectivity index (χ1n) is 12.7. The summed E-state index contributed by atoms with van der Waals surface area (Å²) in [4.78, 5) is 13.3. The van der Waals surface area contributed by atoms with Crippen LogP contribution in [0.1, 0.15) is 44.1 Å². The van der Waals surface area contributed by atoms with E-state index in [0.717, 1.165) is 69.6 Å². The summed E-state index contributed by atoms with van der Waals surface area (Å²) in [5.74, 6) is 1.80. The highest BCUT2D eigenvalue weighted by Crippen LogP contribution is 2.38. The van der Waals surface area contributed by atoms with Crippen LogP contribution < -0.4 is 10.6 Å². The summed E-state index contributed by atoms with van der Waals surface area (Å²) in [6.07, 6.45) is 11.2. The van der Waals surface area contributed by atoms with Crippen LogP contribution in [0.15, 0.2) is 24.4 Å². The Morgan fingerprint density at radius 2 is 2.06 bits per heavy atom. The molecule has 0 amide bonds. The number of hydrogen-bond donors (Lipinski definition) is 3. The molecule has 4 aliphatic rings. The molecule has 2 saturated heterocycles. The number of aromatic amines is 1. The number of nitrogens with zero attached hydrogens (tertiary/aromatic N) is 4. The highest BCUT2D eigenvalue weighted by molar-refractivity contribution is 5.92. The van der Waals surface area contributed by atoms with Gasteiger partial charge in [0, 0.05) is 50.3 Å². The maximum absolute atomic E-state index is 9.61. The van der Waals surface area contributed by atoms with Crippen molar-refractivity contribution in [2.75, 3.05) is 51.1 Å². The fourth-order valence-corrected chi connectivity index (χ4v) is 6.02. The van der Waals surface area contributed by atoms with Crippen LogP contribution in [0, 0.1) is 17.2 Å². The van der Waals surface area contributed by atoms with Gasteiger partial charge in [0.25, 0.3) is 0 Å². The molecule has 0 unspecified atom stereocenters. The number of nitrogens with one attached hydrogen (secondary N) is 3. The van der Waals surface area contributed by atoms with E-state index in [2.05, 4.69) is 49.7 Å². The third kappa shape index (κ3) is 4.16. The minimum atomic E-state index is 0.0281. The molecule has 0 spiro atoms. The van der Waals surface area contributed by atoms with Crippen molar-refractivity contribution in [2.45, 2.75) is 50.1 Å². The van der Waals surface area contributed by atoms with Gasteiger partial charge in [0.15, 0.2) is 0 Å². The van der Waals surface area contributed by atoms with E-state index in [1.165, 1.54) is 42.2 Å². The second kappa shape index (κ2) is 8.75. The van der Waals surface area contributed by atoms with Crippen molar-refractivity contribution in [3.63, 3.8) is 0 Å². The molecule has 0 radical (unpaired) electrons. The van der Waals surface area contributed by atoms with Crippen molar-refractivity contribution in [3.05, 3.63) is 30.0 Å². The van der Waals surface area contributed by atoms with Gasteiger partial charge in [-0.05, 0) is 74.4 Å². The van der Waals surface area contributed by atoms with Crippen LogP contribution in [0.5, 0.6) is 0 Å². The number of nitriles is 1. The number of fused-ring (bicyclic) bond motifs is 1. The number of aromatic nitrogens is 2. The molecule has 7 nitrogen and oxygen atoms in total. The van der Waals surface area contributed by atoms with Crippen molar-refractivity contribution in [2.24, 2.45) is 5.92 Å². The van der Waals surface area contributed by atoms with Gasteiger partial charge in [0.05, 0.1) is 18.0 Å². The summed E-state index contributed by atoms with van der Waals surface area (Å²) in [6.45, 7) is 7.30. The van der Waals surface area contributed by atoms with Crippen LogP contribution in [0.3, 0.4) is 0 Å². The summed E-state index contributed by atoms with van der Waals surface area (Å²) >= 11 is 0. The predicted molar refractivity (Wildman–Crippen MR) is 132 cm³/mol. The summed E-state index contributed by atoms with van der Waals surface area (Å²) in [5.41, 5.74) is 3.71. The summed E-state index contributed by atoms with van der Waals surface area (Å²) in [6, 6.07) is 7.59. The zero-order chi connectivity index (χ0) is 22.3. The highest BCUT2D eigenvalue weighted by atomic mass is 15.4. The zero-order valence-electron chi connectivity index (χ0n) is 19.4. The van der Waals surface area contributed by atoms with Gasteiger partial charge >= 0.3 is 0 Å². The standard InChI is InChI=1S/C26H35N7/c27-9-8-26(17-32(18-26)21-3-10-28-11-4-21)33-13-6-20(7-14-33)23-15-24(30-16-19-1-2-19)31-25-22(23)5-12-29-25/h5-6,12,15,19,21,28H,1-4,7-8,10-11,13-14,16-18H2,(H2,29,30,31). The van der Waals surface area contributed by atoms with Gasteiger partial charge in [-0.15, -0.1) is 0 Å². The van der Waals surface area contributed by atoms with Crippen molar-refractivity contribution in [1.29, 1.82) is 5.26 Å². The third-order valence-electron chi connectivity index (χ3n) is 8.25. The molecule has 7 heteroatoms. The second-order valence-corrected chi connectivity index (χ2v) is 10.5. The number of piperidine rings is 1. The molecule has 1 saturated carbocycles. The average Bonchev–Trinajstić information content (AvgIpc) is 3.55. The monoisotopic (exact) mass is 445 g/mol. The van der Waals surface area contributed by atoms with Gasteiger partial charge < -0.3 is 15.6 Å². The van der Waals surface area contributed by atoms with Crippen LogP contribution >= 0.6 is 0 Å². The maximum atomic E-state index is 9.61. The van der Waals surface area contributed by atoms with E-state index in [9.17, 15) is 5.26 Å². The molecular weight excluding hydrogens is 410 g/mol. The Kier molecular flexibility index (Phi) is 5.61. The second-order valence-electron chi connectivity index (χ2n) is 10.5. The predicted octanol–water partition coefficient (Wildman–Crippen LogP) is 3.19. The molecular formula is C26H35N7. The maximum Gasteiger partial charge on any atom is 0.140 e. The van der Waals surface area contributed by atoms with Crippen molar-refractivity contribution in [1.82, 2.24) is 25.1 Å². The number of rotatable bonds is 7. The molecule has 3 aliphatic heterocycles. The zero-order valence-corrected chi connectivity index (χ0v) is 19.4. The number of H-pyrrole nitrogens is 1. The Labute approximate surface area is 196 Å². The molecule has 6 rings (SSSR count). The van der Waals surface area contributed by atoms with E-state index in [1.807, 2.05) is 6.20 Å². The van der Waals surface area contributed by atoms with E-state index in [-0.39, 0.29) is 5.54 Å². The van der Waals surface area contributed by atoms with Crippen molar-refractivity contribution < 1.29 is 0 Å². The average molecular weight is 446 g/mol. The summed E-state index contributed by atoms with van der Waals surface area (Å²) in [7, 11) is 0. The Bertz CT molecular complexity index is 1060. The molecule has 3 N–H and O–H groups in total. The first-order valence-corrected chi connectivity index (χ1v) is 12.7. The molecule has 1 aliphatic carbocycles. The lowest BCUT2D eigenvalue weighted by Gasteiger charge is -2.58. The van der Waals surface area contributed by atoms with Crippen LogP contribution in [-0.2, 0) is 0 Å². The lowest BCUT2D eigenvalue weighted by Crippen LogP contribution is -2.72. The molecule has 0 bridgehead atoms. The largest absolute Gasteiger partial charge is 0.370 e. The van der Waals surface area contributed by atoms with E-state index in [0.29, 0.717) is 12.5 Å². The fraction of sp³-hybridized carbons (Fsp3) is 0.615. The van der Waals surface area contributed by atoms with E-state index >= 15 is 0 Å². The van der Waals surface area contributed by atoms with Crippen LogP contribution in [0.2, 0.25) is 0 Å². The van der Waals surface area contributed by atoms with Crippen LogP contribution in [0.25, 0.3) is 16.6 Å². The fourth-order valence-electron chi connectivity index (χ4n) is 6.02. The quantitative estimate of drug-likeness (QED) is 0.607. The van der Waals surface area contributed by atoms with Gasteiger partial charge in [-0.25, -0.2) is 4.98 Å². The first kappa shape index (κ1) is 21.2. The molecule has 3 fully saturated rings. The lowest BCUT2D eigenvalue weighted by atomic mass is 9.81. The molecule has 0 atom stereocenters. The highest BCUT2D eigenvalue weighted by Gasteiger charge is 2.49. The molecule has 5 heterocycles. The molecule has 0 aromatic carbocycles. The molecule has 2 aromatic heterocycles. The first-order chi connectivity index (χ1) is 16.2. The van der Waals surface area contributed by atoms with Crippen molar-refractivity contribution in [3.8, 4) is 6.07 Å². The molecule has 174 valence electrons. The molecule has 33 heavy (non-hydrogen) atoms. The van der Waals surface area contributed by atoms with Gasteiger partial charge in [0.1, 0.15) is 11.5 Å². The Hall–Kier alpha value is -2.40. The Morgan fingerprint density at radius 1 is 1.21 bits per heavy atom. The minimum Gasteiger partial charge on any atom is -0.370 e. The number of pyridine rings is 1. The van der Waals surface area contributed by atoms with Crippen molar-refractivity contribution >= 4 is 22.4 Å². The minimum absolute atomic E-state index is 0.0281. The summed E-state index contributed by atoms with van der Waals surface area (Å²) < 4.78 is 0. The van der Waals surface area contributed by atoms with Gasteiger partial charge in [-0.1, -0.05) is 6.08 Å². The van der Waals surface area contributed by atoms with Gasteiger partial charge in [-0.2, -0.15) is 5.26 Å². The topological polar surface area (TPSA) is 83.0 Å². The van der Waals surface area contributed by atoms with Crippen LogP contribution in [0.4, 0.5) is 5.82 Å². The number of anilines is 1. The van der Waals surface area contributed by atoms with E-state index < -0.39 is 0 Å². The Balaban J connectivity index is 1.18. The number of hydrogen-bond acceptors (Lipinski definition) is 6. The third-order valence-corrected chi connectivity index (χ3v) is 8.25. The summed E-state index contributed by atoms with van der Waals surface area (Å²) in [5, 5.41) is 17.8. The lowest BCUT2D eigenvalue weighted by molar-refractivity contribution is -0.0738. The van der Waals surface area contributed by atoms with E-state index in [1.54, 1.807) is 0 Å². The van der Waals surface area contributed by atoms with Crippen LogP contribution in [-0.4, -0.2) is 77.2 Å².